The van der Waals surface area contributed by atoms with Crippen molar-refractivity contribution in [1.29, 1.82) is 0 Å². The fraction of sp³-hybridized carbons (Fsp3) is 1.00. The van der Waals surface area contributed by atoms with E-state index >= 15 is 0 Å². The molecule has 0 bridgehead atoms. The van der Waals surface area contributed by atoms with Crippen molar-refractivity contribution in [3.05, 3.63) is 0 Å². The lowest BCUT2D eigenvalue weighted by Crippen LogP contribution is -2.46. The molecule has 1 aliphatic carbocycles. The minimum absolute atomic E-state index is 0.0316. The molecule has 6 heteroatoms. The highest BCUT2D eigenvalue weighted by Gasteiger charge is 2.30. The number of hydrogen-bond acceptors (Lipinski definition) is 3. The second-order valence-electron chi connectivity index (χ2n) is 3.40. The number of alkyl halides is 1. The van der Waals surface area contributed by atoms with Gasteiger partial charge in [-0.05, 0) is 19.8 Å². The highest BCUT2D eigenvalue weighted by molar-refractivity contribution is 7.89. The second kappa shape index (κ2) is 5.30. The van der Waals surface area contributed by atoms with Crippen molar-refractivity contribution in [3.63, 3.8) is 0 Å². The average Bonchev–Trinajstić information content (AvgIpc) is 2.01. The minimum Gasteiger partial charge on any atom is -0.381 e. The molecule has 0 aliphatic heterocycles. The molecule has 1 aliphatic rings. The summed E-state index contributed by atoms with van der Waals surface area (Å²) >= 11 is 5.74. The van der Waals surface area contributed by atoms with E-state index in [9.17, 15) is 8.42 Å². The van der Waals surface area contributed by atoms with Gasteiger partial charge in [-0.2, -0.15) is 0 Å². The summed E-state index contributed by atoms with van der Waals surface area (Å²) < 4.78 is 30.3. The molecule has 1 rings (SSSR count). The fourth-order valence-corrected chi connectivity index (χ4v) is 2.86. The van der Waals surface area contributed by atoms with Crippen LogP contribution < -0.4 is 4.72 Å². The van der Waals surface area contributed by atoms with Gasteiger partial charge in [-0.25, -0.2) is 13.1 Å². The van der Waals surface area contributed by atoms with Gasteiger partial charge in [0.05, 0.1) is 12.4 Å². The quantitative estimate of drug-likeness (QED) is 0.551. The smallest absolute Gasteiger partial charge is 0.214 e. The highest BCUT2D eigenvalue weighted by Crippen LogP contribution is 2.25. The number of halogens is 1. The van der Waals surface area contributed by atoms with Crippen LogP contribution in [0.4, 0.5) is 0 Å². The van der Waals surface area contributed by atoms with Crippen LogP contribution in [0.15, 0.2) is 0 Å². The SMILES string of the molecule is CCOCCS(=O)(=O)NC1CC(Cl)C1. The Hall–Kier alpha value is 0.160. The molecule has 4 nitrogen and oxygen atoms in total. The van der Waals surface area contributed by atoms with E-state index in [0.29, 0.717) is 6.61 Å². The Balaban J connectivity index is 2.21. The molecule has 0 atom stereocenters. The molecule has 0 radical (unpaired) electrons. The molecule has 0 heterocycles. The summed E-state index contributed by atoms with van der Waals surface area (Å²) in [6.45, 7) is 2.63. The molecule has 0 saturated heterocycles. The summed E-state index contributed by atoms with van der Waals surface area (Å²) in [4.78, 5) is 0. The molecule has 0 unspecified atom stereocenters. The van der Waals surface area contributed by atoms with Crippen LogP contribution in [-0.4, -0.2) is 38.8 Å². The second-order valence-corrected chi connectivity index (χ2v) is 5.89. The van der Waals surface area contributed by atoms with Gasteiger partial charge in [0.15, 0.2) is 0 Å². The summed E-state index contributed by atoms with van der Waals surface area (Å²) in [5.41, 5.74) is 0. The van der Waals surface area contributed by atoms with E-state index in [1.807, 2.05) is 6.92 Å². The van der Waals surface area contributed by atoms with Crippen molar-refractivity contribution in [1.82, 2.24) is 4.72 Å². The molecular formula is C8H16ClNO3S. The molecule has 84 valence electrons. The average molecular weight is 242 g/mol. The Bertz CT molecular complexity index is 262. The van der Waals surface area contributed by atoms with Crippen LogP contribution in [0.2, 0.25) is 0 Å². The Morgan fingerprint density at radius 3 is 2.64 bits per heavy atom. The maximum Gasteiger partial charge on any atom is 0.214 e. The predicted molar refractivity (Wildman–Crippen MR) is 56.1 cm³/mol. The van der Waals surface area contributed by atoms with Gasteiger partial charge in [0.1, 0.15) is 0 Å². The summed E-state index contributed by atoms with van der Waals surface area (Å²) in [6, 6.07) is 0.0316. The van der Waals surface area contributed by atoms with Crippen LogP contribution >= 0.6 is 11.6 Å². The molecule has 14 heavy (non-hydrogen) atoms. The van der Waals surface area contributed by atoms with Crippen LogP contribution in [-0.2, 0) is 14.8 Å². The zero-order chi connectivity index (χ0) is 10.6. The van der Waals surface area contributed by atoms with E-state index in [-0.39, 0.29) is 23.8 Å². The number of nitrogens with one attached hydrogen (secondary N) is 1. The summed E-state index contributed by atoms with van der Waals surface area (Å²) in [5.74, 6) is 0.0320. The van der Waals surface area contributed by atoms with E-state index in [2.05, 4.69) is 4.72 Å². The first-order valence-electron chi connectivity index (χ1n) is 4.75. The maximum atomic E-state index is 11.4. The van der Waals surface area contributed by atoms with Gasteiger partial charge in [-0.1, -0.05) is 0 Å². The van der Waals surface area contributed by atoms with Crippen LogP contribution in [0.3, 0.4) is 0 Å². The number of hydrogen-bond donors (Lipinski definition) is 1. The summed E-state index contributed by atoms with van der Waals surface area (Å²) in [5, 5.41) is 0.134. The normalized spacial score (nSPS) is 27.3. The van der Waals surface area contributed by atoms with E-state index in [4.69, 9.17) is 16.3 Å². The minimum atomic E-state index is -3.17. The Labute approximate surface area is 90.0 Å². The number of sulfonamides is 1. The molecule has 0 amide bonds. The molecule has 0 spiro atoms. The van der Waals surface area contributed by atoms with Gasteiger partial charge in [-0.3, -0.25) is 0 Å². The summed E-state index contributed by atoms with van der Waals surface area (Å²) in [6.07, 6.45) is 1.46. The van der Waals surface area contributed by atoms with Crippen LogP contribution in [0, 0.1) is 0 Å². The van der Waals surface area contributed by atoms with Crippen molar-refractivity contribution >= 4 is 21.6 Å². The Morgan fingerprint density at radius 2 is 2.14 bits per heavy atom. The van der Waals surface area contributed by atoms with Gasteiger partial charge in [0, 0.05) is 18.0 Å². The van der Waals surface area contributed by atoms with Crippen molar-refractivity contribution in [2.24, 2.45) is 0 Å². The van der Waals surface area contributed by atoms with Crippen molar-refractivity contribution in [3.8, 4) is 0 Å². The molecule has 0 aromatic heterocycles. The number of rotatable bonds is 6. The fourth-order valence-electron chi connectivity index (χ4n) is 1.27. The zero-order valence-corrected chi connectivity index (χ0v) is 9.77. The molecular weight excluding hydrogens is 226 g/mol. The predicted octanol–water partition coefficient (Wildman–Crippen LogP) is 0.712. The first-order valence-corrected chi connectivity index (χ1v) is 6.84. The molecule has 1 N–H and O–H groups in total. The first kappa shape index (κ1) is 12.2. The molecule has 1 fully saturated rings. The molecule has 0 aromatic carbocycles. The lowest BCUT2D eigenvalue weighted by Gasteiger charge is -2.31. The van der Waals surface area contributed by atoms with Gasteiger partial charge >= 0.3 is 0 Å². The largest absolute Gasteiger partial charge is 0.381 e. The van der Waals surface area contributed by atoms with Gasteiger partial charge in [0.25, 0.3) is 0 Å². The highest BCUT2D eigenvalue weighted by atomic mass is 35.5. The maximum absolute atomic E-state index is 11.4. The third-order valence-electron chi connectivity index (χ3n) is 2.13. The van der Waals surface area contributed by atoms with Crippen LogP contribution in [0.5, 0.6) is 0 Å². The Morgan fingerprint density at radius 1 is 1.50 bits per heavy atom. The lowest BCUT2D eigenvalue weighted by atomic mass is 9.94. The van der Waals surface area contributed by atoms with Gasteiger partial charge < -0.3 is 4.74 Å². The number of ether oxygens (including phenoxy) is 1. The molecule has 1 saturated carbocycles. The standard InChI is InChI=1S/C8H16ClNO3S/c1-2-13-3-4-14(11,12)10-8-5-7(9)6-8/h7-8,10H,2-6H2,1H3. The van der Waals surface area contributed by atoms with E-state index in [1.54, 1.807) is 0 Å². The topological polar surface area (TPSA) is 55.4 Å². The van der Waals surface area contributed by atoms with Crippen molar-refractivity contribution in [2.45, 2.75) is 31.2 Å². The van der Waals surface area contributed by atoms with E-state index in [0.717, 1.165) is 12.8 Å². The first-order chi connectivity index (χ1) is 6.53. The zero-order valence-electron chi connectivity index (χ0n) is 8.20. The molecule has 0 aromatic rings. The van der Waals surface area contributed by atoms with Crippen molar-refractivity contribution in [2.75, 3.05) is 19.0 Å². The van der Waals surface area contributed by atoms with E-state index < -0.39 is 10.0 Å². The lowest BCUT2D eigenvalue weighted by molar-refractivity contribution is 0.163. The van der Waals surface area contributed by atoms with Gasteiger partial charge in [0.2, 0.25) is 10.0 Å². The third-order valence-corrected chi connectivity index (χ3v) is 3.88. The monoisotopic (exact) mass is 241 g/mol. The van der Waals surface area contributed by atoms with Crippen LogP contribution in [0.25, 0.3) is 0 Å². The van der Waals surface area contributed by atoms with Crippen molar-refractivity contribution < 1.29 is 13.2 Å². The third kappa shape index (κ3) is 4.13. The summed E-state index contributed by atoms with van der Waals surface area (Å²) in [7, 11) is -3.17. The van der Waals surface area contributed by atoms with Gasteiger partial charge in [-0.15, -0.1) is 11.6 Å². The van der Waals surface area contributed by atoms with E-state index in [1.165, 1.54) is 0 Å². The Kier molecular flexibility index (Phi) is 4.63. The van der Waals surface area contributed by atoms with Crippen LogP contribution in [0.1, 0.15) is 19.8 Å².